The quantitative estimate of drug-likeness (QED) is 0.155. The molecule has 0 aliphatic heterocycles. The van der Waals surface area contributed by atoms with Crippen molar-refractivity contribution >= 4 is 28.1 Å². The molecule has 0 fully saturated rings. The van der Waals surface area contributed by atoms with Gasteiger partial charge in [0.05, 0.1) is 17.7 Å². The molecule has 35 heavy (non-hydrogen) atoms. The van der Waals surface area contributed by atoms with Gasteiger partial charge >= 0.3 is 12.4 Å². The zero-order valence-corrected chi connectivity index (χ0v) is 18.6. The molecule has 7 nitrogen and oxygen atoms in total. The maximum atomic E-state index is 13.0. The highest BCUT2D eigenvalue weighted by Gasteiger charge is 2.37. The number of aliphatic hydroxyl groups is 1. The lowest BCUT2D eigenvalue weighted by atomic mass is 10.1. The largest absolute Gasteiger partial charge is 0.492 e. The Bertz CT molecular complexity index is 1160. The predicted molar refractivity (Wildman–Crippen MR) is 117 cm³/mol. The number of benzene rings is 2. The minimum atomic E-state index is -5.00. The first-order valence-electron chi connectivity index (χ1n) is 9.77. The average Bonchev–Trinajstić information content (AvgIpc) is 3.13. The van der Waals surface area contributed by atoms with Crippen LogP contribution in [-0.4, -0.2) is 33.1 Å². The van der Waals surface area contributed by atoms with E-state index < -0.39 is 41.2 Å². The molecule has 0 aliphatic carbocycles. The third-order valence-corrected chi connectivity index (χ3v) is 5.25. The van der Waals surface area contributed by atoms with Gasteiger partial charge in [0.15, 0.2) is 0 Å². The maximum absolute atomic E-state index is 13.0. The third kappa shape index (κ3) is 6.54. The number of hydrogen-bond donors (Lipinski definition) is 5. The summed E-state index contributed by atoms with van der Waals surface area (Å²) in [5.41, 5.74) is -2.53. The van der Waals surface area contributed by atoms with Crippen LogP contribution in [0.2, 0.25) is 0 Å². The minimum Gasteiger partial charge on any atom is -0.492 e. The summed E-state index contributed by atoms with van der Waals surface area (Å²) in [6.07, 6.45) is -9.99. The van der Waals surface area contributed by atoms with Crippen LogP contribution in [0.25, 0.3) is 0 Å². The van der Waals surface area contributed by atoms with Crippen LogP contribution in [-0.2, 0) is 12.4 Å². The van der Waals surface area contributed by atoms with Crippen LogP contribution in [0.5, 0.6) is 17.4 Å². The van der Waals surface area contributed by atoms with Gasteiger partial charge in [-0.15, -0.1) is 0 Å². The summed E-state index contributed by atoms with van der Waals surface area (Å²) >= 11 is 0.850. The fourth-order valence-corrected chi connectivity index (χ4v) is 3.53. The first kappa shape index (κ1) is 26.1. The molecule has 0 bridgehead atoms. The SMILES string of the molecule is CC(CO)NC(=N)c1c(O)nsc1Nc1ccc(Oc2cc(C(F)(F)F)cc(C(F)(F)F)c2)cc1. The molecule has 0 saturated heterocycles. The molecule has 188 valence electrons. The molecule has 0 radical (unpaired) electrons. The van der Waals surface area contributed by atoms with Crippen molar-refractivity contribution < 1.29 is 41.3 Å². The topological polar surface area (TPSA) is 110 Å². The smallest absolute Gasteiger partial charge is 0.416 e. The first-order valence-corrected chi connectivity index (χ1v) is 10.5. The predicted octanol–water partition coefficient (Wildman–Crippen LogP) is 5.72. The van der Waals surface area contributed by atoms with Crippen molar-refractivity contribution in [3.8, 4) is 17.4 Å². The Labute approximate surface area is 198 Å². The maximum Gasteiger partial charge on any atom is 0.416 e. The molecule has 1 unspecified atom stereocenters. The Balaban J connectivity index is 1.80. The number of nitrogens with one attached hydrogen (secondary N) is 3. The molecule has 3 rings (SSSR count). The summed E-state index contributed by atoms with van der Waals surface area (Å²) < 4.78 is 87.2. The van der Waals surface area contributed by atoms with Gasteiger partial charge in [-0.25, -0.2) is 0 Å². The second-order valence-electron chi connectivity index (χ2n) is 7.31. The lowest BCUT2D eigenvalue weighted by Crippen LogP contribution is -2.35. The Morgan fingerprint density at radius 2 is 1.60 bits per heavy atom. The lowest BCUT2D eigenvalue weighted by Gasteiger charge is -2.15. The molecule has 0 amide bonds. The van der Waals surface area contributed by atoms with Gasteiger partial charge in [-0.05, 0) is 60.9 Å². The minimum absolute atomic E-state index is 0.00961. The monoisotopic (exact) mass is 520 g/mol. The van der Waals surface area contributed by atoms with Crippen LogP contribution >= 0.6 is 11.5 Å². The number of halogens is 6. The number of anilines is 2. The van der Waals surface area contributed by atoms with E-state index in [0.29, 0.717) is 17.8 Å². The number of alkyl halides is 6. The van der Waals surface area contributed by atoms with Gasteiger partial charge in [0.1, 0.15) is 27.9 Å². The van der Waals surface area contributed by atoms with Gasteiger partial charge in [0.2, 0.25) is 5.88 Å². The normalized spacial score (nSPS) is 12.8. The molecule has 1 heterocycles. The summed E-state index contributed by atoms with van der Waals surface area (Å²) in [6.45, 7) is 1.38. The number of aliphatic hydroxyl groups excluding tert-OH is 1. The number of nitrogens with zero attached hydrogens (tertiary/aromatic N) is 1. The highest BCUT2D eigenvalue weighted by molar-refractivity contribution is 7.11. The van der Waals surface area contributed by atoms with Crippen LogP contribution in [0.15, 0.2) is 42.5 Å². The van der Waals surface area contributed by atoms with Crippen LogP contribution in [0.3, 0.4) is 0 Å². The molecule has 0 spiro atoms. The van der Waals surface area contributed by atoms with Crippen LogP contribution < -0.4 is 15.4 Å². The number of rotatable bonds is 7. The summed E-state index contributed by atoms with van der Waals surface area (Å²) in [6, 6.07) is 5.99. The second kappa shape index (κ2) is 10.00. The van der Waals surface area contributed by atoms with E-state index >= 15 is 0 Å². The highest BCUT2D eigenvalue weighted by Crippen LogP contribution is 2.39. The van der Waals surface area contributed by atoms with Gasteiger partial charge in [0, 0.05) is 11.7 Å². The molecule has 14 heteroatoms. The molecule has 0 saturated carbocycles. The van der Waals surface area contributed by atoms with E-state index in [4.69, 9.17) is 15.3 Å². The molecular formula is C21H18F6N4O3S. The highest BCUT2D eigenvalue weighted by atomic mass is 32.1. The number of aromatic nitrogens is 1. The van der Waals surface area contributed by atoms with Gasteiger partial charge in [-0.3, -0.25) is 5.41 Å². The fraction of sp³-hybridized carbons (Fsp3) is 0.238. The van der Waals surface area contributed by atoms with E-state index in [2.05, 4.69) is 15.0 Å². The van der Waals surface area contributed by atoms with Crippen LogP contribution in [0.1, 0.15) is 23.6 Å². The van der Waals surface area contributed by atoms with Crippen molar-refractivity contribution in [2.24, 2.45) is 0 Å². The molecular weight excluding hydrogens is 502 g/mol. The van der Waals surface area contributed by atoms with Crippen LogP contribution in [0, 0.1) is 5.41 Å². The number of aromatic hydroxyl groups is 1. The third-order valence-electron chi connectivity index (χ3n) is 4.50. The standard InChI is InChI=1S/C21H18F6N4O3S/c1-10(9-32)29-17(28)16-18(33)31-35-19(16)30-13-2-4-14(5-3-13)34-15-7-11(20(22,23)24)6-12(8-15)21(25,26)27/h2-8,10,30,32H,9H2,1H3,(H2,28,29)(H,31,33). The van der Waals surface area contributed by atoms with Crippen LogP contribution in [0.4, 0.5) is 37.0 Å². The Hall–Kier alpha value is -3.52. The summed E-state index contributed by atoms with van der Waals surface area (Å²) in [4.78, 5) is 0. The molecule has 1 atom stereocenters. The van der Waals surface area contributed by atoms with Crippen molar-refractivity contribution in [1.82, 2.24) is 9.69 Å². The Morgan fingerprint density at radius 1 is 1.03 bits per heavy atom. The summed E-state index contributed by atoms with van der Waals surface area (Å²) in [5, 5.41) is 33.0. The van der Waals surface area contributed by atoms with E-state index in [1.807, 2.05) is 0 Å². The Morgan fingerprint density at radius 3 is 2.11 bits per heavy atom. The van der Waals surface area contributed by atoms with E-state index in [1.165, 1.54) is 24.3 Å². The molecule has 2 aromatic carbocycles. The van der Waals surface area contributed by atoms with Crippen molar-refractivity contribution in [3.63, 3.8) is 0 Å². The molecule has 0 aliphatic rings. The summed E-state index contributed by atoms with van der Waals surface area (Å²) in [5.74, 6) is -1.27. The van der Waals surface area contributed by atoms with E-state index in [0.717, 1.165) is 11.5 Å². The van der Waals surface area contributed by atoms with Crippen molar-refractivity contribution in [2.75, 3.05) is 11.9 Å². The number of ether oxygens (including phenoxy) is 1. The van der Waals surface area contributed by atoms with E-state index in [9.17, 15) is 31.4 Å². The van der Waals surface area contributed by atoms with Crippen molar-refractivity contribution in [3.05, 3.63) is 59.2 Å². The molecule has 5 N–H and O–H groups in total. The second-order valence-corrected chi connectivity index (χ2v) is 8.08. The fourth-order valence-electron chi connectivity index (χ4n) is 2.82. The summed E-state index contributed by atoms with van der Waals surface area (Å²) in [7, 11) is 0. The number of amidine groups is 1. The Kier molecular flexibility index (Phi) is 7.45. The molecule has 3 aromatic rings. The number of hydrogen-bond acceptors (Lipinski definition) is 7. The zero-order chi connectivity index (χ0) is 26.0. The van der Waals surface area contributed by atoms with E-state index in [1.54, 1.807) is 6.92 Å². The lowest BCUT2D eigenvalue weighted by molar-refractivity contribution is -0.143. The van der Waals surface area contributed by atoms with Gasteiger partial charge in [-0.2, -0.15) is 30.7 Å². The first-order chi connectivity index (χ1) is 16.3. The van der Waals surface area contributed by atoms with E-state index in [-0.39, 0.29) is 34.8 Å². The zero-order valence-electron chi connectivity index (χ0n) is 17.8. The van der Waals surface area contributed by atoms with Crippen molar-refractivity contribution in [2.45, 2.75) is 25.3 Å². The van der Waals surface area contributed by atoms with Gasteiger partial charge in [0.25, 0.3) is 0 Å². The average molecular weight is 520 g/mol. The van der Waals surface area contributed by atoms with Crippen molar-refractivity contribution in [1.29, 1.82) is 5.41 Å². The van der Waals surface area contributed by atoms with Gasteiger partial charge < -0.3 is 25.6 Å². The molecule has 1 aromatic heterocycles. The van der Waals surface area contributed by atoms with Gasteiger partial charge in [-0.1, -0.05) is 0 Å².